The van der Waals surface area contributed by atoms with E-state index in [-0.39, 0.29) is 12.6 Å². The van der Waals surface area contributed by atoms with Crippen LogP contribution >= 0.6 is 0 Å². The molecule has 2 rings (SSSR count). The molecule has 0 aliphatic carbocycles. The molecule has 1 amide bonds. The van der Waals surface area contributed by atoms with E-state index in [1.54, 1.807) is 57.4 Å². The second-order valence-corrected chi connectivity index (χ2v) is 8.48. The van der Waals surface area contributed by atoms with Gasteiger partial charge in [-0.1, -0.05) is 18.2 Å². The summed E-state index contributed by atoms with van der Waals surface area (Å²) in [6, 6.07) is 11.7. The molecule has 0 aliphatic heterocycles. The van der Waals surface area contributed by atoms with Crippen LogP contribution < -0.4 is 23.8 Å². The standard InChI is InChI=1S/C21H28N2O6S/c1-6-29-18-10-8-7-9-17(18)23(30(5,25)26)14-21(24)22-15(2)16-11-12-19(27-3)20(13-16)28-4/h7-13,15H,6,14H2,1-5H3,(H,22,24)/t15-/m0/s1. The van der Waals surface area contributed by atoms with Crippen molar-refractivity contribution in [3.8, 4) is 17.2 Å². The first kappa shape index (κ1) is 23.3. The van der Waals surface area contributed by atoms with Crippen LogP contribution in [0, 0.1) is 0 Å². The molecule has 0 fully saturated rings. The van der Waals surface area contributed by atoms with E-state index in [0.29, 0.717) is 29.5 Å². The zero-order chi connectivity index (χ0) is 22.3. The van der Waals surface area contributed by atoms with Crippen LogP contribution in [0.3, 0.4) is 0 Å². The summed E-state index contributed by atoms with van der Waals surface area (Å²) in [4.78, 5) is 12.7. The fourth-order valence-corrected chi connectivity index (χ4v) is 3.80. The molecule has 1 atom stereocenters. The zero-order valence-electron chi connectivity index (χ0n) is 17.8. The highest BCUT2D eigenvalue weighted by Gasteiger charge is 2.24. The van der Waals surface area contributed by atoms with Gasteiger partial charge in [-0.2, -0.15) is 0 Å². The number of anilines is 1. The van der Waals surface area contributed by atoms with Crippen molar-refractivity contribution in [1.29, 1.82) is 0 Å². The van der Waals surface area contributed by atoms with Crippen LogP contribution in [0.1, 0.15) is 25.5 Å². The Morgan fingerprint density at radius 1 is 1.07 bits per heavy atom. The van der Waals surface area contributed by atoms with Gasteiger partial charge in [0.05, 0.1) is 38.8 Å². The van der Waals surface area contributed by atoms with Crippen molar-refractivity contribution in [3.63, 3.8) is 0 Å². The van der Waals surface area contributed by atoms with Gasteiger partial charge in [0.2, 0.25) is 15.9 Å². The van der Waals surface area contributed by atoms with Crippen molar-refractivity contribution in [3.05, 3.63) is 48.0 Å². The molecule has 164 valence electrons. The summed E-state index contributed by atoms with van der Waals surface area (Å²) >= 11 is 0. The van der Waals surface area contributed by atoms with Crippen molar-refractivity contribution in [2.24, 2.45) is 0 Å². The second-order valence-electron chi connectivity index (χ2n) is 6.57. The van der Waals surface area contributed by atoms with Gasteiger partial charge in [-0.05, 0) is 43.7 Å². The highest BCUT2D eigenvalue weighted by molar-refractivity contribution is 7.92. The summed E-state index contributed by atoms with van der Waals surface area (Å²) in [5, 5.41) is 2.83. The highest BCUT2D eigenvalue weighted by Crippen LogP contribution is 2.31. The molecular weight excluding hydrogens is 408 g/mol. The number of benzene rings is 2. The van der Waals surface area contributed by atoms with Gasteiger partial charge in [0.25, 0.3) is 0 Å². The van der Waals surface area contributed by atoms with E-state index in [0.717, 1.165) is 16.1 Å². The second kappa shape index (κ2) is 10.2. The van der Waals surface area contributed by atoms with Gasteiger partial charge in [0, 0.05) is 0 Å². The lowest BCUT2D eigenvalue weighted by Gasteiger charge is -2.25. The number of nitrogens with zero attached hydrogens (tertiary/aromatic N) is 1. The van der Waals surface area contributed by atoms with Crippen molar-refractivity contribution in [2.75, 3.05) is 37.9 Å². The minimum Gasteiger partial charge on any atom is -0.493 e. The monoisotopic (exact) mass is 436 g/mol. The molecule has 0 bridgehead atoms. The topological polar surface area (TPSA) is 94.2 Å². The van der Waals surface area contributed by atoms with E-state index < -0.39 is 15.9 Å². The molecule has 0 spiro atoms. The fraction of sp³-hybridized carbons (Fsp3) is 0.381. The normalized spacial score (nSPS) is 12.0. The quantitative estimate of drug-likeness (QED) is 0.616. The molecule has 0 radical (unpaired) electrons. The van der Waals surface area contributed by atoms with Gasteiger partial charge < -0.3 is 19.5 Å². The van der Waals surface area contributed by atoms with Gasteiger partial charge in [-0.3, -0.25) is 9.10 Å². The third-order valence-corrected chi connectivity index (χ3v) is 5.53. The van der Waals surface area contributed by atoms with E-state index in [1.807, 2.05) is 6.07 Å². The Kier molecular flexibility index (Phi) is 7.93. The third kappa shape index (κ3) is 5.79. The van der Waals surface area contributed by atoms with Crippen molar-refractivity contribution < 1.29 is 27.4 Å². The Bertz CT molecular complexity index is 977. The number of hydrogen-bond acceptors (Lipinski definition) is 6. The Morgan fingerprint density at radius 3 is 2.33 bits per heavy atom. The van der Waals surface area contributed by atoms with Gasteiger partial charge in [0.1, 0.15) is 12.3 Å². The average molecular weight is 437 g/mol. The molecular formula is C21H28N2O6S. The number of sulfonamides is 1. The maximum absolute atomic E-state index is 12.7. The molecule has 0 saturated carbocycles. The van der Waals surface area contributed by atoms with E-state index in [2.05, 4.69) is 5.32 Å². The van der Waals surface area contributed by atoms with Crippen LogP contribution in [0.4, 0.5) is 5.69 Å². The van der Waals surface area contributed by atoms with Gasteiger partial charge in [0.15, 0.2) is 11.5 Å². The molecule has 2 aromatic rings. The predicted octanol–water partition coefficient (Wildman–Crippen LogP) is 2.75. The number of rotatable bonds is 10. The first-order valence-electron chi connectivity index (χ1n) is 9.42. The maximum atomic E-state index is 12.7. The minimum atomic E-state index is -3.72. The van der Waals surface area contributed by atoms with Crippen molar-refractivity contribution in [1.82, 2.24) is 5.32 Å². The largest absolute Gasteiger partial charge is 0.493 e. The smallest absolute Gasteiger partial charge is 0.241 e. The van der Waals surface area contributed by atoms with Crippen LogP contribution in [-0.2, 0) is 14.8 Å². The first-order valence-corrected chi connectivity index (χ1v) is 11.3. The molecule has 0 aliphatic rings. The van der Waals surface area contributed by atoms with E-state index in [9.17, 15) is 13.2 Å². The number of hydrogen-bond donors (Lipinski definition) is 1. The predicted molar refractivity (Wildman–Crippen MR) is 116 cm³/mol. The summed E-state index contributed by atoms with van der Waals surface area (Å²) in [7, 11) is -0.641. The number of ether oxygens (including phenoxy) is 3. The number of nitrogens with one attached hydrogen (secondary N) is 1. The Labute approximate surface area is 177 Å². The van der Waals surface area contributed by atoms with Gasteiger partial charge in [-0.15, -0.1) is 0 Å². The molecule has 0 unspecified atom stereocenters. The molecule has 2 aromatic carbocycles. The summed E-state index contributed by atoms with van der Waals surface area (Å²) in [5.74, 6) is 1.07. The van der Waals surface area contributed by atoms with Crippen LogP contribution in [0.25, 0.3) is 0 Å². The summed E-state index contributed by atoms with van der Waals surface area (Å²) in [6.45, 7) is 3.61. The minimum absolute atomic E-state index is 0.316. The summed E-state index contributed by atoms with van der Waals surface area (Å²) in [6.07, 6.45) is 1.06. The number of methoxy groups -OCH3 is 2. The van der Waals surface area contributed by atoms with Crippen molar-refractivity contribution in [2.45, 2.75) is 19.9 Å². The lowest BCUT2D eigenvalue weighted by Crippen LogP contribution is -2.41. The Hall–Kier alpha value is -2.94. The van der Waals surface area contributed by atoms with Gasteiger partial charge >= 0.3 is 0 Å². The van der Waals surface area contributed by atoms with Crippen LogP contribution in [-0.4, -0.2) is 48.0 Å². The van der Waals surface area contributed by atoms with Gasteiger partial charge in [-0.25, -0.2) is 8.42 Å². The molecule has 0 saturated heterocycles. The Balaban J connectivity index is 2.21. The van der Waals surface area contributed by atoms with Crippen molar-refractivity contribution >= 4 is 21.6 Å². The Morgan fingerprint density at radius 2 is 1.73 bits per heavy atom. The van der Waals surface area contributed by atoms with E-state index in [4.69, 9.17) is 14.2 Å². The first-order chi connectivity index (χ1) is 14.2. The van der Waals surface area contributed by atoms with Crippen LogP contribution in [0.2, 0.25) is 0 Å². The maximum Gasteiger partial charge on any atom is 0.241 e. The van der Waals surface area contributed by atoms with Crippen LogP contribution in [0.15, 0.2) is 42.5 Å². The van der Waals surface area contributed by atoms with E-state index in [1.165, 1.54) is 7.11 Å². The number of amides is 1. The zero-order valence-corrected chi connectivity index (χ0v) is 18.7. The molecule has 8 nitrogen and oxygen atoms in total. The molecule has 30 heavy (non-hydrogen) atoms. The molecule has 0 aromatic heterocycles. The molecule has 0 heterocycles. The summed E-state index contributed by atoms with van der Waals surface area (Å²) < 4.78 is 41.9. The lowest BCUT2D eigenvalue weighted by molar-refractivity contribution is -0.120. The third-order valence-electron chi connectivity index (χ3n) is 4.41. The molecule has 9 heteroatoms. The molecule has 1 N–H and O–H groups in total. The fourth-order valence-electron chi connectivity index (χ4n) is 2.94. The summed E-state index contributed by atoms with van der Waals surface area (Å²) in [5.41, 5.74) is 1.11. The van der Waals surface area contributed by atoms with E-state index >= 15 is 0 Å². The number of para-hydroxylation sites is 2. The van der Waals surface area contributed by atoms with Crippen LogP contribution in [0.5, 0.6) is 17.2 Å². The lowest BCUT2D eigenvalue weighted by atomic mass is 10.1. The SMILES string of the molecule is CCOc1ccccc1N(CC(=O)N[C@@H](C)c1ccc(OC)c(OC)c1)S(C)(=O)=O. The number of carbonyl (C=O) groups excluding carboxylic acids is 1. The average Bonchev–Trinajstić information content (AvgIpc) is 2.71. The number of carbonyl (C=O) groups is 1. The highest BCUT2D eigenvalue weighted by atomic mass is 32.2.